The molecule has 0 saturated carbocycles. The molecule has 0 amide bonds. The monoisotopic (exact) mass is 1360 g/mol. The van der Waals surface area contributed by atoms with Gasteiger partial charge in [-0.25, -0.2) is 9.67 Å². The van der Waals surface area contributed by atoms with Gasteiger partial charge in [0.2, 0.25) is 5.82 Å². The second kappa shape index (κ2) is 33.1. The van der Waals surface area contributed by atoms with E-state index < -0.39 is 119 Å². The first kappa shape index (κ1) is 81.5. The molecule has 97 heavy (non-hydrogen) atoms. The van der Waals surface area contributed by atoms with Crippen molar-refractivity contribution in [1.29, 1.82) is 0 Å². The number of benzene rings is 1. The second-order valence-corrected chi connectivity index (χ2v) is 32.0. The quantitative estimate of drug-likeness (QED) is 0.0315. The van der Waals surface area contributed by atoms with E-state index in [2.05, 4.69) is 0 Å². The van der Waals surface area contributed by atoms with Gasteiger partial charge in [0.15, 0.2) is 5.82 Å². The average molecular weight is 1360 g/mol. The maximum atomic E-state index is 14.0. The van der Waals surface area contributed by atoms with Gasteiger partial charge in [0, 0.05) is 55.4 Å². The van der Waals surface area contributed by atoms with Gasteiger partial charge in [0.05, 0.1) is 58.9 Å². The van der Waals surface area contributed by atoms with Crippen LogP contribution < -0.4 is 5.73 Å². The third-order valence-corrected chi connectivity index (χ3v) is 12.4. The van der Waals surface area contributed by atoms with Crippen LogP contribution in [0.1, 0.15) is 194 Å². The second-order valence-electron chi connectivity index (χ2n) is 32.0. The third-order valence-electron chi connectivity index (χ3n) is 12.4. The number of ether oxygens (including phenoxy) is 8. The van der Waals surface area contributed by atoms with Gasteiger partial charge < -0.3 is 43.6 Å². The number of aromatic nitrogens is 5. The molecule has 0 aliphatic carbocycles. The number of rotatable bonds is 28. The average Bonchev–Trinajstić information content (AvgIpc) is 1.67. The molecule has 4 aromatic rings. The first-order valence-corrected chi connectivity index (χ1v) is 32.5. The van der Waals surface area contributed by atoms with Crippen molar-refractivity contribution in [1.82, 2.24) is 44.3 Å². The van der Waals surface area contributed by atoms with E-state index in [4.69, 9.17) is 63.7 Å². The molecule has 3 heterocycles. The van der Waals surface area contributed by atoms with Gasteiger partial charge in [0.1, 0.15) is 56.2 Å². The fourth-order valence-electron chi connectivity index (χ4n) is 9.74. The molecule has 1 aromatic carbocycles. The van der Waals surface area contributed by atoms with Crippen LogP contribution in [0.2, 0.25) is 0 Å². The standard InChI is InChI=1S/C71H108N10O16/c1-64(2,3)90-52(82)38-77(39-53(83)91-65(4,5)6)34-47-28-30-73-60(50(47)36-79(42-56(86)94-68(13,14)15)43-57(87)95-69(16,17)18)62-75-63(81(76-62)33-46-26-25-27-49(72)32-46)61-51(37-80(44-58(88)96-70(19,20)21)45-59(89)97-71(22,23)24)48(29-31-74-61)35-78(40-54(84)92-66(7,8)9)41-55(85)93-67(10,11)12/h25-32H,33-45,72H2,1-24H3. The smallest absolute Gasteiger partial charge is 0.320 e. The Labute approximate surface area is 573 Å². The van der Waals surface area contributed by atoms with Crippen LogP contribution >= 0.6 is 0 Å². The highest BCUT2D eigenvalue weighted by Gasteiger charge is 2.34. The SMILES string of the molecule is CC(C)(C)OC(=O)CN(CC(=O)OC(C)(C)C)Cc1ccnc(-c2nc(-c3nccc(CN(CC(=O)OC(C)(C)C)CC(=O)OC(C)(C)C)c3CN(CC(=O)OC(C)(C)C)CC(=O)OC(C)(C)C)n(Cc3cccc(N)c3)n2)c1CN(CC(=O)OC(C)(C)C)CC(=O)OC(C)(C)C. The van der Waals surface area contributed by atoms with Gasteiger partial charge in [-0.3, -0.25) is 67.9 Å². The van der Waals surface area contributed by atoms with Crippen molar-refractivity contribution < 1.29 is 76.3 Å². The van der Waals surface area contributed by atoms with E-state index in [1.54, 1.807) is 211 Å². The number of nitrogens with zero attached hydrogens (tertiary/aromatic N) is 9. The van der Waals surface area contributed by atoms with E-state index in [9.17, 15) is 38.4 Å². The lowest BCUT2D eigenvalue weighted by molar-refractivity contribution is -0.162. The van der Waals surface area contributed by atoms with Gasteiger partial charge in [-0.2, -0.15) is 0 Å². The van der Waals surface area contributed by atoms with Crippen molar-refractivity contribution in [3.05, 3.63) is 76.6 Å². The number of carbonyl (C=O) groups excluding carboxylic acids is 8. The van der Waals surface area contributed by atoms with Crippen LogP contribution in [0.25, 0.3) is 23.0 Å². The van der Waals surface area contributed by atoms with E-state index >= 15 is 0 Å². The van der Waals surface area contributed by atoms with Crippen molar-refractivity contribution in [3.63, 3.8) is 0 Å². The molecule has 0 aliphatic rings. The third kappa shape index (κ3) is 32.3. The van der Waals surface area contributed by atoms with Crippen molar-refractivity contribution in [2.45, 2.75) is 244 Å². The number of esters is 8. The Morgan fingerprint density at radius 3 is 0.928 bits per heavy atom. The Kier molecular flexibility index (Phi) is 27.8. The summed E-state index contributed by atoms with van der Waals surface area (Å²) < 4.78 is 48.0. The molecule has 0 radical (unpaired) electrons. The number of hydrogen-bond donors (Lipinski definition) is 1. The van der Waals surface area contributed by atoms with Gasteiger partial charge in [-0.1, -0.05) is 12.1 Å². The highest BCUT2D eigenvalue weighted by atomic mass is 16.6. The van der Waals surface area contributed by atoms with Gasteiger partial charge in [0.25, 0.3) is 0 Å². The first-order chi connectivity index (χ1) is 44.1. The molecular formula is C71H108N10O16. The van der Waals surface area contributed by atoms with Crippen LogP contribution in [0.4, 0.5) is 5.69 Å². The number of nitrogens with two attached hydrogens (primary N) is 1. The summed E-state index contributed by atoms with van der Waals surface area (Å²) in [5, 5.41) is 5.21. The van der Waals surface area contributed by atoms with Gasteiger partial charge >= 0.3 is 47.8 Å². The summed E-state index contributed by atoms with van der Waals surface area (Å²) in [5.74, 6) is -5.19. The molecule has 26 heteroatoms. The number of hydrogen-bond acceptors (Lipinski definition) is 25. The van der Waals surface area contributed by atoms with Gasteiger partial charge in [-0.05, 0) is 207 Å². The lowest BCUT2D eigenvalue weighted by Crippen LogP contribution is -2.41. The molecule has 0 fully saturated rings. The largest absolute Gasteiger partial charge is 0.459 e. The molecule has 0 saturated heterocycles. The number of pyridine rings is 2. The summed E-state index contributed by atoms with van der Waals surface area (Å²) in [7, 11) is 0. The fraction of sp³-hybridized carbons (Fsp3) is 0.634. The Morgan fingerprint density at radius 2 is 0.649 bits per heavy atom. The van der Waals surface area contributed by atoms with Crippen LogP contribution in [0, 0.1) is 0 Å². The Balaban J connectivity index is 2.26. The molecule has 538 valence electrons. The Hall–Kier alpha value is -7.94. The van der Waals surface area contributed by atoms with Crippen molar-refractivity contribution in [2.24, 2.45) is 0 Å². The van der Waals surface area contributed by atoms with E-state index in [1.165, 1.54) is 22.2 Å². The molecule has 0 unspecified atom stereocenters. The zero-order valence-electron chi connectivity index (χ0n) is 61.9. The lowest BCUT2D eigenvalue weighted by atomic mass is 10.0. The first-order valence-electron chi connectivity index (χ1n) is 32.5. The fourth-order valence-corrected chi connectivity index (χ4v) is 9.74. The number of carbonyl (C=O) groups is 8. The number of anilines is 1. The summed E-state index contributed by atoms with van der Waals surface area (Å²) in [4.78, 5) is 133. The van der Waals surface area contributed by atoms with E-state index in [0.717, 1.165) is 0 Å². The van der Waals surface area contributed by atoms with Gasteiger partial charge in [-0.15, -0.1) is 5.10 Å². The van der Waals surface area contributed by atoms with Crippen LogP contribution in [0.5, 0.6) is 0 Å². The van der Waals surface area contributed by atoms with E-state index in [-0.39, 0.29) is 81.9 Å². The molecule has 2 N–H and O–H groups in total. The molecule has 26 nitrogen and oxygen atoms in total. The minimum atomic E-state index is -0.933. The molecule has 0 aliphatic heterocycles. The minimum Gasteiger partial charge on any atom is -0.459 e. The molecule has 0 atom stereocenters. The molecular weight excluding hydrogens is 1250 g/mol. The molecule has 4 rings (SSSR count). The van der Waals surface area contributed by atoms with Crippen LogP contribution in [0.15, 0.2) is 48.8 Å². The minimum absolute atomic E-state index is 0.0142. The van der Waals surface area contributed by atoms with Crippen molar-refractivity contribution in [2.75, 3.05) is 58.1 Å². The summed E-state index contributed by atoms with van der Waals surface area (Å²) in [6.45, 7) is 37.2. The predicted octanol–water partition coefficient (Wildman–Crippen LogP) is 8.97. The van der Waals surface area contributed by atoms with Crippen LogP contribution in [-0.2, 0) is 109 Å². The summed E-state index contributed by atoms with van der Waals surface area (Å²) in [6.07, 6.45) is 3.01. The number of nitrogen functional groups attached to an aromatic ring is 1. The van der Waals surface area contributed by atoms with E-state index in [1.807, 2.05) is 6.07 Å². The summed E-state index contributed by atoms with van der Waals surface area (Å²) in [5.41, 5.74) is 2.05. The highest BCUT2D eigenvalue weighted by Crippen LogP contribution is 2.32. The predicted molar refractivity (Wildman–Crippen MR) is 364 cm³/mol. The highest BCUT2D eigenvalue weighted by molar-refractivity contribution is 5.78. The topological polar surface area (TPSA) is 306 Å². The zero-order valence-corrected chi connectivity index (χ0v) is 61.9. The van der Waals surface area contributed by atoms with Crippen LogP contribution in [0.3, 0.4) is 0 Å². The van der Waals surface area contributed by atoms with Crippen molar-refractivity contribution >= 4 is 53.4 Å². The lowest BCUT2D eigenvalue weighted by Gasteiger charge is -2.29. The molecule has 0 spiro atoms. The molecule has 0 bridgehead atoms. The molecule has 3 aromatic heterocycles. The Morgan fingerprint density at radius 1 is 0.381 bits per heavy atom. The van der Waals surface area contributed by atoms with Crippen molar-refractivity contribution in [3.8, 4) is 23.0 Å². The summed E-state index contributed by atoms with van der Waals surface area (Å²) in [6, 6.07) is 10.4. The maximum Gasteiger partial charge on any atom is 0.320 e. The maximum absolute atomic E-state index is 14.0. The van der Waals surface area contributed by atoms with E-state index in [0.29, 0.717) is 33.5 Å². The normalized spacial score (nSPS) is 12.8. The van der Waals surface area contributed by atoms with Crippen LogP contribution in [-0.4, -0.2) is 189 Å². The summed E-state index contributed by atoms with van der Waals surface area (Å²) >= 11 is 0. The zero-order chi connectivity index (χ0) is 73.6. The Bertz CT molecular complexity index is 3280.